The smallest absolute Gasteiger partial charge is 0.0243 e. The van der Waals surface area contributed by atoms with E-state index in [-0.39, 0.29) is 0 Å². The van der Waals surface area contributed by atoms with Gasteiger partial charge >= 0.3 is 0 Å². The predicted octanol–water partition coefficient (Wildman–Crippen LogP) is 2.74. The van der Waals surface area contributed by atoms with E-state index in [9.17, 15) is 0 Å². The van der Waals surface area contributed by atoms with Gasteiger partial charge in [-0.05, 0) is 49.6 Å². The molecule has 1 aliphatic heterocycles. The van der Waals surface area contributed by atoms with Crippen LogP contribution in [0, 0.1) is 17.3 Å². The standard InChI is InChI=1S/C15H30N2/c1-12(13-6-7-13)10-17-9-5-8-16-14(11-17)15(2,3)4/h12-14,16H,5-11H2,1-4H3. The van der Waals surface area contributed by atoms with E-state index in [2.05, 4.69) is 37.9 Å². The van der Waals surface area contributed by atoms with Crippen LogP contribution in [-0.4, -0.2) is 37.1 Å². The van der Waals surface area contributed by atoms with Crippen LogP contribution in [0.25, 0.3) is 0 Å². The lowest BCUT2D eigenvalue weighted by Crippen LogP contribution is -2.47. The van der Waals surface area contributed by atoms with Gasteiger partial charge in [0.1, 0.15) is 0 Å². The molecule has 2 unspecified atom stereocenters. The third kappa shape index (κ3) is 3.96. The summed E-state index contributed by atoms with van der Waals surface area (Å²) in [5, 5.41) is 3.73. The van der Waals surface area contributed by atoms with Gasteiger partial charge < -0.3 is 10.2 Å². The van der Waals surface area contributed by atoms with Crippen LogP contribution in [-0.2, 0) is 0 Å². The van der Waals surface area contributed by atoms with E-state index in [0.717, 1.165) is 11.8 Å². The first-order valence-electron chi connectivity index (χ1n) is 7.42. The lowest BCUT2D eigenvalue weighted by atomic mass is 9.86. The second kappa shape index (κ2) is 5.27. The highest BCUT2D eigenvalue weighted by molar-refractivity contribution is 4.88. The Labute approximate surface area is 107 Å². The Morgan fingerprint density at radius 3 is 2.59 bits per heavy atom. The monoisotopic (exact) mass is 238 g/mol. The van der Waals surface area contributed by atoms with Crippen molar-refractivity contribution in [2.45, 2.75) is 53.0 Å². The zero-order valence-electron chi connectivity index (χ0n) is 12.1. The molecule has 1 saturated heterocycles. The van der Waals surface area contributed by atoms with Gasteiger partial charge in [0.25, 0.3) is 0 Å². The van der Waals surface area contributed by atoms with Crippen molar-refractivity contribution in [2.75, 3.05) is 26.2 Å². The number of nitrogens with zero attached hydrogens (tertiary/aromatic N) is 1. The van der Waals surface area contributed by atoms with Crippen LogP contribution < -0.4 is 5.32 Å². The van der Waals surface area contributed by atoms with Crippen LogP contribution in [0.4, 0.5) is 0 Å². The van der Waals surface area contributed by atoms with Crippen LogP contribution in [0.5, 0.6) is 0 Å². The Balaban J connectivity index is 1.87. The molecule has 100 valence electrons. The third-order valence-corrected chi connectivity index (χ3v) is 4.50. The summed E-state index contributed by atoms with van der Waals surface area (Å²) in [4.78, 5) is 2.71. The second-order valence-electron chi connectivity index (χ2n) is 7.30. The Hall–Kier alpha value is -0.0800. The number of nitrogens with one attached hydrogen (secondary N) is 1. The van der Waals surface area contributed by atoms with Crippen molar-refractivity contribution in [1.82, 2.24) is 10.2 Å². The molecule has 0 radical (unpaired) electrons. The maximum absolute atomic E-state index is 3.73. The predicted molar refractivity (Wildman–Crippen MR) is 74.2 cm³/mol. The topological polar surface area (TPSA) is 15.3 Å². The summed E-state index contributed by atoms with van der Waals surface area (Å²) in [6.07, 6.45) is 4.27. The van der Waals surface area contributed by atoms with Gasteiger partial charge in [0.2, 0.25) is 0 Å². The summed E-state index contributed by atoms with van der Waals surface area (Å²) in [5.74, 6) is 1.95. The van der Waals surface area contributed by atoms with Crippen molar-refractivity contribution in [3.63, 3.8) is 0 Å². The summed E-state index contributed by atoms with van der Waals surface area (Å²) < 4.78 is 0. The SMILES string of the molecule is CC(CN1CCCNC(C(C)(C)C)C1)C1CC1. The average molecular weight is 238 g/mol. The van der Waals surface area contributed by atoms with E-state index in [4.69, 9.17) is 0 Å². The van der Waals surface area contributed by atoms with Crippen molar-refractivity contribution in [2.24, 2.45) is 17.3 Å². The Kier molecular flexibility index (Phi) is 4.14. The molecule has 1 aliphatic carbocycles. The van der Waals surface area contributed by atoms with E-state index in [1.807, 2.05) is 0 Å². The van der Waals surface area contributed by atoms with Gasteiger partial charge in [0, 0.05) is 19.1 Å². The van der Waals surface area contributed by atoms with E-state index < -0.39 is 0 Å². The van der Waals surface area contributed by atoms with Gasteiger partial charge in [-0.25, -0.2) is 0 Å². The highest BCUT2D eigenvalue weighted by Crippen LogP contribution is 2.37. The lowest BCUT2D eigenvalue weighted by molar-refractivity contribution is 0.175. The maximum Gasteiger partial charge on any atom is 0.0243 e. The highest BCUT2D eigenvalue weighted by Gasteiger charge is 2.32. The molecule has 0 amide bonds. The van der Waals surface area contributed by atoms with Gasteiger partial charge in [0.05, 0.1) is 0 Å². The molecule has 1 heterocycles. The Morgan fingerprint density at radius 2 is 2.00 bits per heavy atom. The van der Waals surface area contributed by atoms with E-state index >= 15 is 0 Å². The fourth-order valence-electron chi connectivity index (χ4n) is 2.96. The van der Waals surface area contributed by atoms with Crippen LogP contribution in [0.3, 0.4) is 0 Å². The van der Waals surface area contributed by atoms with Crippen LogP contribution in [0.1, 0.15) is 47.0 Å². The van der Waals surface area contributed by atoms with Crippen molar-refractivity contribution in [1.29, 1.82) is 0 Å². The summed E-state index contributed by atoms with van der Waals surface area (Å²) in [7, 11) is 0. The average Bonchev–Trinajstić information content (AvgIpc) is 3.03. The molecular weight excluding hydrogens is 208 g/mol. The van der Waals surface area contributed by atoms with Crippen molar-refractivity contribution in [3.05, 3.63) is 0 Å². The van der Waals surface area contributed by atoms with Crippen molar-refractivity contribution in [3.8, 4) is 0 Å². The molecule has 1 saturated carbocycles. The zero-order valence-corrected chi connectivity index (χ0v) is 12.1. The molecule has 0 bridgehead atoms. The molecule has 2 atom stereocenters. The van der Waals surface area contributed by atoms with Crippen molar-refractivity contribution < 1.29 is 0 Å². The minimum absolute atomic E-state index is 0.380. The van der Waals surface area contributed by atoms with Gasteiger partial charge in [0.15, 0.2) is 0 Å². The first kappa shape index (κ1) is 13.4. The first-order valence-corrected chi connectivity index (χ1v) is 7.42. The summed E-state index contributed by atoms with van der Waals surface area (Å²) in [6, 6.07) is 0.649. The summed E-state index contributed by atoms with van der Waals surface area (Å²) in [6.45, 7) is 14.6. The van der Waals surface area contributed by atoms with Crippen LogP contribution >= 0.6 is 0 Å². The molecule has 0 aromatic rings. The largest absolute Gasteiger partial charge is 0.312 e. The van der Waals surface area contributed by atoms with Crippen molar-refractivity contribution >= 4 is 0 Å². The van der Waals surface area contributed by atoms with Crippen LogP contribution in [0.15, 0.2) is 0 Å². The van der Waals surface area contributed by atoms with Gasteiger partial charge in [-0.1, -0.05) is 27.7 Å². The molecule has 0 spiro atoms. The maximum atomic E-state index is 3.73. The fraction of sp³-hybridized carbons (Fsp3) is 1.00. The zero-order chi connectivity index (χ0) is 12.5. The Bertz CT molecular complexity index is 240. The molecule has 17 heavy (non-hydrogen) atoms. The van der Waals surface area contributed by atoms with Gasteiger partial charge in [-0.3, -0.25) is 0 Å². The molecule has 0 aromatic carbocycles. The molecule has 2 rings (SSSR count). The summed E-state index contributed by atoms with van der Waals surface area (Å²) >= 11 is 0. The quantitative estimate of drug-likeness (QED) is 0.813. The van der Waals surface area contributed by atoms with E-state index in [0.29, 0.717) is 11.5 Å². The van der Waals surface area contributed by atoms with Crippen LogP contribution in [0.2, 0.25) is 0 Å². The second-order valence-corrected chi connectivity index (χ2v) is 7.30. The summed E-state index contributed by atoms with van der Waals surface area (Å²) in [5.41, 5.74) is 0.380. The number of hydrogen-bond acceptors (Lipinski definition) is 2. The molecule has 2 heteroatoms. The Morgan fingerprint density at radius 1 is 1.29 bits per heavy atom. The number of rotatable bonds is 3. The minimum Gasteiger partial charge on any atom is -0.312 e. The van der Waals surface area contributed by atoms with E-state index in [1.54, 1.807) is 0 Å². The first-order chi connectivity index (χ1) is 7.97. The normalized spacial score (nSPS) is 30.0. The molecule has 0 aromatic heterocycles. The van der Waals surface area contributed by atoms with Gasteiger partial charge in [-0.15, -0.1) is 0 Å². The molecular formula is C15H30N2. The molecule has 2 fully saturated rings. The number of hydrogen-bond donors (Lipinski definition) is 1. The molecule has 1 N–H and O–H groups in total. The molecule has 2 nitrogen and oxygen atoms in total. The molecule has 2 aliphatic rings. The minimum atomic E-state index is 0.380. The van der Waals surface area contributed by atoms with E-state index in [1.165, 1.54) is 45.4 Å². The fourth-order valence-corrected chi connectivity index (χ4v) is 2.96. The third-order valence-electron chi connectivity index (χ3n) is 4.50. The van der Waals surface area contributed by atoms with Gasteiger partial charge in [-0.2, -0.15) is 0 Å². The lowest BCUT2D eigenvalue weighted by Gasteiger charge is -2.34. The highest BCUT2D eigenvalue weighted by atomic mass is 15.2.